The number of rotatable bonds is 3. The van der Waals surface area contributed by atoms with Gasteiger partial charge in [-0.25, -0.2) is 0 Å². The van der Waals surface area contributed by atoms with Crippen LogP contribution in [0.5, 0.6) is 0 Å². The SMILES string of the molecule is CC[C@H]1[C@H](O)CCN1Cc1ccccc1. The lowest BCUT2D eigenvalue weighted by Crippen LogP contribution is -2.33. The van der Waals surface area contributed by atoms with E-state index in [-0.39, 0.29) is 6.10 Å². The minimum absolute atomic E-state index is 0.126. The van der Waals surface area contributed by atoms with Gasteiger partial charge in [0.2, 0.25) is 0 Å². The molecule has 0 saturated carbocycles. The Kier molecular flexibility index (Phi) is 3.39. The first-order chi connectivity index (χ1) is 7.31. The zero-order valence-electron chi connectivity index (χ0n) is 9.26. The monoisotopic (exact) mass is 205 g/mol. The summed E-state index contributed by atoms with van der Waals surface area (Å²) in [5, 5.41) is 9.80. The van der Waals surface area contributed by atoms with Gasteiger partial charge in [-0.1, -0.05) is 37.3 Å². The Labute approximate surface area is 91.5 Å². The maximum Gasteiger partial charge on any atom is 0.0707 e. The molecular weight excluding hydrogens is 186 g/mol. The number of hydrogen-bond acceptors (Lipinski definition) is 2. The first kappa shape index (κ1) is 10.7. The lowest BCUT2D eigenvalue weighted by Gasteiger charge is -2.24. The highest BCUT2D eigenvalue weighted by Crippen LogP contribution is 2.22. The van der Waals surface area contributed by atoms with Crippen LogP contribution in [0.1, 0.15) is 25.3 Å². The van der Waals surface area contributed by atoms with Crippen LogP contribution in [0.2, 0.25) is 0 Å². The Morgan fingerprint density at radius 3 is 2.73 bits per heavy atom. The summed E-state index contributed by atoms with van der Waals surface area (Å²) < 4.78 is 0. The standard InChI is InChI=1S/C13H19NO/c1-2-12-13(15)8-9-14(12)10-11-6-4-3-5-7-11/h3-7,12-13,15H,2,8-10H2,1H3/t12-,13+/m0/s1. The molecule has 15 heavy (non-hydrogen) atoms. The van der Waals surface area contributed by atoms with Gasteiger partial charge in [0.25, 0.3) is 0 Å². The average molecular weight is 205 g/mol. The molecule has 0 bridgehead atoms. The van der Waals surface area contributed by atoms with Crippen LogP contribution in [-0.2, 0) is 6.54 Å². The molecular formula is C13H19NO. The van der Waals surface area contributed by atoms with E-state index in [1.54, 1.807) is 0 Å². The van der Waals surface area contributed by atoms with Gasteiger partial charge < -0.3 is 5.11 Å². The average Bonchev–Trinajstić information content (AvgIpc) is 2.61. The first-order valence-corrected chi connectivity index (χ1v) is 5.77. The molecule has 1 fully saturated rings. The molecule has 1 saturated heterocycles. The molecule has 0 unspecified atom stereocenters. The van der Waals surface area contributed by atoms with E-state index in [0.717, 1.165) is 25.9 Å². The number of nitrogens with zero attached hydrogens (tertiary/aromatic N) is 1. The minimum atomic E-state index is -0.126. The van der Waals surface area contributed by atoms with Crippen molar-refractivity contribution in [3.05, 3.63) is 35.9 Å². The van der Waals surface area contributed by atoms with Gasteiger partial charge in [-0.05, 0) is 18.4 Å². The fourth-order valence-corrected chi connectivity index (χ4v) is 2.44. The summed E-state index contributed by atoms with van der Waals surface area (Å²) in [5.41, 5.74) is 1.34. The molecule has 1 aliphatic rings. The molecule has 0 amide bonds. The third kappa shape index (κ3) is 2.39. The summed E-state index contributed by atoms with van der Waals surface area (Å²) in [5.74, 6) is 0. The fraction of sp³-hybridized carbons (Fsp3) is 0.538. The summed E-state index contributed by atoms with van der Waals surface area (Å²) in [4.78, 5) is 2.39. The number of aliphatic hydroxyl groups is 1. The second kappa shape index (κ2) is 4.77. The van der Waals surface area contributed by atoms with Crippen molar-refractivity contribution in [2.24, 2.45) is 0 Å². The van der Waals surface area contributed by atoms with Crippen molar-refractivity contribution in [2.45, 2.75) is 38.5 Å². The number of benzene rings is 1. The molecule has 2 heteroatoms. The van der Waals surface area contributed by atoms with Gasteiger partial charge in [0.05, 0.1) is 6.10 Å². The number of hydrogen-bond donors (Lipinski definition) is 1. The van der Waals surface area contributed by atoms with Crippen LogP contribution in [0.4, 0.5) is 0 Å². The lowest BCUT2D eigenvalue weighted by molar-refractivity contribution is 0.110. The lowest BCUT2D eigenvalue weighted by atomic mass is 10.1. The number of aliphatic hydroxyl groups excluding tert-OH is 1. The molecule has 0 spiro atoms. The third-order valence-corrected chi connectivity index (χ3v) is 3.27. The fourth-order valence-electron chi connectivity index (χ4n) is 2.44. The van der Waals surface area contributed by atoms with Crippen molar-refractivity contribution in [2.75, 3.05) is 6.54 Å². The summed E-state index contributed by atoms with van der Waals surface area (Å²) in [6.07, 6.45) is 1.83. The van der Waals surface area contributed by atoms with Crippen molar-refractivity contribution >= 4 is 0 Å². The van der Waals surface area contributed by atoms with Gasteiger partial charge in [-0.3, -0.25) is 4.90 Å². The van der Waals surface area contributed by atoms with Gasteiger partial charge in [0, 0.05) is 19.1 Å². The molecule has 2 atom stereocenters. The van der Waals surface area contributed by atoms with E-state index in [2.05, 4.69) is 36.1 Å². The van der Waals surface area contributed by atoms with E-state index in [4.69, 9.17) is 0 Å². The largest absolute Gasteiger partial charge is 0.391 e. The maximum absolute atomic E-state index is 9.80. The smallest absolute Gasteiger partial charge is 0.0707 e. The highest BCUT2D eigenvalue weighted by atomic mass is 16.3. The summed E-state index contributed by atoms with van der Waals surface area (Å²) >= 11 is 0. The van der Waals surface area contributed by atoms with Crippen molar-refractivity contribution < 1.29 is 5.11 Å². The molecule has 1 aromatic rings. The van der Waals surface area contributed by atoms with E-state index in [1.807, 2.05) is 6.07 Å². The van der Waals surface area contributed by atoms with Crippen LogP contribution in [0.3, 0.4) is 0 Å². The highest BCUT2D eigenvalue weighted by Gasteiger charge is 2.30. The minimum Gasteiger partial charge on any atom is -0.391 e. The second-order valence-electron chi connectivity index (χ2n) is 4.29. The van der Waals surface area contributed by atoms with Gasteiger partial charge in [-0.2, -0.15) is 0 Å². The summed E-state index contributed by atoms with van der Waals surface area (Å²) in [6, 6.07) is 10.8. The first-order valence-electron chi connectivity index (χ1n) is 5.77. The molecule has 1 aliphatic heterocycles. The number of likely N-dealkylation sites (tertiary alicyclic amines) is 1. The molecule has 82 valence electrons. The Hall–Kier alpha value is -0.860. The molecule has 1 N–H and O–H groups in total. The normalized spacial score (nSPS) is 27.1. The summed E-state index contributed by atoms with van der Waals surface area (Å²) in [7, 11) is 0. The highest BCUT2D eigenvalue weighted by molar-refractivity contribution is 5.15. The second-order valence-corrected chi connectivity index (χ2v) is 4.29. The molecule has 2 nitrogen and oxygen atoms in total. The van der Waals surface area contributed by atoms with Crippen molar-refractivity contribution in [3.8, 4) is 0 Å². The maximum atomic E-state index is 9.80. The van der Waals surface area contributed by atoms with Crippen molar-refractivity contribution in [1.82, 2.24) is 4.90 Å². The molecule has 1 heterocycles. The van der Waals surface area contributed by atoms with E-state index >= 15 is 0 Å². The zero-order chi connectivity index (χ0) is 10.7. The van der Waals surface area contributed by atoms with E-state index in [1.165, 1.54) is 5.56 Å². The van der Waals surface area contributed by atoms with Crippen LogP contribution < -0.4 is 0 Å². The zero-order valence-corrected chi connectivity index (χ0v) is 9.26. The van der Waals surface area contributed by atoms with Crippen molar-refractivity contribution in [1.29, 1.82) is 0 Å². The van der Waals surface area contributed by atoms with Gasteiger partial charge in [0.1, 0.15) is 0 Å². The Morgan fingerprint density at radius 2 is 2.07 bits per heavy atom. The Balaban J connectivity index is 2.00. The predicted molar refractivity (Wildman–Crippen MR) is 61.6 cm³/mol. The van der Waals surface area contributed by atoms with E-state index < -0.39 is 0 Å². The van der Waals surface area contributed by atoms with E-state index in [0.29, 0.717) is 6.04 Å². The van der Waals surface area contributed by atoms with Crippen LogP contribution in [0.15, 0.2) is 30.3 Å². The van der Waals surface area contributed by atoms with Gasteiger partial charge in [0.15, 0.2) is 0 Å². The molecule has 0 aromatic heterocycles. The third-order valence-electron chi connectivity index (χ3n) is 3.27. The summed E-state index contributed by atoms with van der Waals surface area (Å²) in [6.45, 7) is 4.14. The van der Waals surface area contributed by atoms with Crippen LogP contribution in [-0.4, -0.2) is 28.7 Å². The Bertz CT molecular complexity index is 299. The molecule has 1 aromatic carbocycles. The predicted octanol–water partition coefficient (Wildman–Crippen LogP) is 2.03. The van der Waals surface area contributed by atoms with Crippen LogP contribution in [0, 0.1) is 0 Å². The van der Waals surface area contributed by atoms with E-state index in [9.17, 15) is 5.11 Å². The molecule has 2 rings (SSSR count). The molecule has 0 aliphatic carbocycles. The van der Waals surface area contributed by atoms with Gasteiger partial charge >= 0.3 is 0 Å². The van der Waals surface area contributed by atoms with Crippen molar-refractivity contribution in [3.63, 3.8) is 0 Å². The van der Waals surface area contributed by atoms with Gasteiger partial charge in [-0.15, -0.1) is 0 Å². The van der Waals surface area contributed by atoms with Crippen LogP contribution in [0.25, 0.3) is 0 Å². The Morgan fingerprint density at radius 1 is 1.33 bits per heavy atom. The quantitative estimate of drug-likeness (QED) is 0.816. The molecule has 0 radical (unpaired) electrons. The topological polar surface area (TPSA) is 23.5 Å². The van der Waals surface area contributed by atoms with Crippen LogP contribution >= 0.6 is 0 Å².